The second kappa shape index (κ2) is 5.97. The zero-order chi connectivity index (χ0) is 13.0. The predicted octanol–water partition coefficient (Wildman–Crippen LogP) is 1.06. The molecule has 6 nitrogen and oxygen atoms in total. The van der Waals surface area contributed by atoms with Gasteiger partial charge in [0.1, 0.15) is 0 Å². The first-order valence-electron chi connectivity index (χ1n) is 5.72. The summed E-state index contributed by atoms with van der Waals surface area (Å²) >= 11 is 5.68. The quantitative estimate of drug-likeness (QED) is 0.890. The molecule has 1 aromatic rings. The number of carbonyl (C=O) groups excluding carboxylic acids is 1. The molecule has 1 aliphatic heterocycles. The Morgan fingerprint density at radius 3 is 3.11 bits per heavy atom. The number of amides is 1. The lowest BCUT2D eigenvalue weighted by atomic mass is 10.3. The third-order valence-electron chi connectivity index (χ3n) is 2.85. The summed E-state index contributed by atoms with van der Waals surface area (Å²) in [6.07, 6.45) is 0.531. The zero-order valence-electron chi connectivity index (χ0n) is 10.1. The van der Waals surface area contributed by atoms with Crippen LogP contribution < -0.4 is 5.32 Å². The first kappa shape index (κ1) is 13.0. The summed E-state index contributed by atoms with van der Waals surface area (Å²) in [6, 6.07) is 3.72. The fraction of sp³-hybridized carbons (Fsp3) is 0.545. The van der Waals surface area contributed by atoms with Gasteiger partial charge in [0.05, 0.1) is 12.8 Å². The van der Waals surface area contributed by atoms with Gasteiger partial charge in [0.2, 0.25) is 0 Å². The summed E-state index contributed by atoms with van der Waals surface area (Å²) in [6.45, 7) is 2.42. The fourth-order valence-electron chi connectivity index (χ4n) is 1.98. The second-order valence-corrected chi connectivity index (χ2v) is 4.59. The van der Waals surface area contributed by atoms with E-state index in [1.165, 1.54) is 7.11 Å². The Balaban J connectivity index is 1.82. The first-order valence-corrected chi connectivity index (χ1v) is 6.10. The van der Waals surface area contributed by atoms with Crippen LogP contribution in [0.1, 0.15) is 12.1 Å². The Bertz CT molecular complexity index is 412. The molecule has 0 spiro atoms. The molecule has 1 fully saturated rings. The molecule has 98 valence electrons. The van der Waals surface area contributed by atoms with E-state index in [0.717, 1.165) is 25.2 Å². The molecule has 0 radical (unpaired) electrons. The maximum Gasteiger partial charge on any atom is 0.407 e. The number of hydrogen-bond donors (Lipinski definition) is 1. The van der Waals surface area contributed by atoms with Crippen LogP contribution in [0.25, 0.3) is 0 Å². The number of nitrogens with one attached hydrogen (secondary N) is 1. The Kier molecular flexibility index (Phi) is 4.33. The summed E-state index contributed by atoms with van der Waals surface area (Å²) in [5, 5.41) is 11.0. The van der Waals surface area contributed by atoms with Crippen LogP contribution in [0.4, 0.5) is 4.79 Å². The highest BCUT2D eigenvalue weighted by Crippen LogP contribution is 2.13. The van der Waals surface area contributed by atoms with Crippen LogP contribution in [0.3, 0.4) is 0 Å². The molecule has 7 heteroatoms. The van der Waals surface area contributed by atoms with Crippen molar-refractivity contribution < 1.29 is 9.53 Å². The molecule has 1 amide bonds. The van der Waals surface area contributed by atoms with Gasteiger partial charge in [-0.1, -0.05) is 11.6 Å². The highest BCUT2D eigenvalue weighted by molar-refractivity contribution is 6.29. The summed E-state index contributed by atoms with van der Waals surface area (Å²) in [5.41, 5.74) is 0.873. The van der Waals surface area contributed by atoms with Crippen LogP contribution in [0, 0.1) is 0 Å². The number of ether oxygens (including phenoxy) is 1. The number of aromatic nitrogens is 2. The highest BCUT2D eigenvalue weighted by Gasteiger charge is 2.24. The molecule has 1 N–H and O–H groups in total. The Hall–Kier alpha value is -1.40. The van der Waals surface area contributed by atoms with E-state index in [9.17, 15) is 4.79 Å². The van der Waals surface area contributed by atoms with Gasteiger partial charge in [-0.05, 0) is 18.6 Å². The number of rotatable bonds is 3. The topological polar surface area (TPSA) is 67.3 Å². The molecule has 0 aliphatic carbocycles. The third-order valence-corrected chi connectivity index (χ3v) is 3.05. The number of methoxy groups -OCH3 is 1. The van der Waals surface area contributed by atoms with E-state index in [4.69, 9.17) is 11.6 Å². The van der Waals surface area contributed by atoms with E-state index in [0.29, 0.717) is 11.7 Å². The van der Waals surface area contributed by atoms with Gasteiger partial charge in [0.25, 0.3) is 0 Å². The lowest BCUT2D eigenvalue weighted by molar-refractivity contribution is 0.166. The van der Waals surface area contributed by atoms with E-state index < -0.39 is 0 Å². The largest absolute Gasteiger partial charge is 0.453 e. The van der Waals surface area contributed by atoms with Crippen molar-refractivity contribution >= 4 is 17.7 Å². The molecule has 2 heterocycles. The third kappa shape index (κ3) is 3.54. The minimum absolute atomic E-state index is 0.137. The van der Waals surface area contributed by atoms with Gasteiger partial charge in [-0.3, -0.25) is 4.90 Å². The minimum atomic E-state index is -0.381. The lowest BCUT2D eigenvalue weighted by Crippen LogP contribution is -2.36. The molecule has 1 unspecified atom stereocenters. The van der Waals surface area contributed by atoms with E-state index in [1.54, 1.807) is 6.07 Å². The van der Waals surface area contributed by atoms with Crippen LogP contribution in [0.2, 0.25) is 5.15 Å². The van der Waals surface area contributed by atoms with Gasteiger partial charge in [0.15, 0.2) is 5.15 Å². The van der Waals surface area contributed by atoms with Crippen molar-refractivity contribution in [3.8, 4) is 0 Å². The van der Waals surface area contributed by atoms with Crippen LogP contribution in [-0.2, 0) is 11.3 Å². The van der Waals surface area contributed by atoms with Crippen molar-refractivity contribution in [3.63, 3.8) is 0 Å². The van der Waals surface area contributed by atoms with Crippen LogP contribution >= 0.6 is 11.6 Å². The van der Waals surface area contributed by atoms with Crippen molar-refractivity contribution in [3.05, 3.63) is 23.0 Å². The maximum atomic E-state index is 11.1. The van der Waals surface area contributed by atoms with Crippen molar-refractivity contribution in [1.29, 1.82) is 0 Å². The van der Waals surface area contributed by atoms with Gasteiger partial charge in [0, 0.05) is 25.7 Å². The predicted molar refractivity (Wildman–Crippen MR) is 66.3 cm³/mol. The van der Waals surface area contributed by atoms with Gasteiger partial charge in [-0.15, -0.1) is 5.10 Å². The Morgan fingerprint density at radius 2 is 2.44 bits per heavy atom. The monoisotopic (exact) mass is 270 g/mol. The number of likely N-dealkylation sites (tertiary alicyclic amines) is 1. The molecule has 1 atom stereocenters. The van der Waals surface area contributed by atoms with E-state index >= 15 is 0 Å². The van der Waals surface area contributed by atoms with Crippen molar-refractivity contribution in [2.45, 2.75) is 19.0 Å². The Labute approximate surface area is 110 Å². The summed E-state index contributed by atoms with van der Waals surface area (Å²) < 4.78 is 4.57. The summed E-state index contributed by atoms with van der Waals surface area (Å²) in [4.78, 5) is 13.3. The van der Waals surface area contributed by atoms with Gasteiger partial charge >= 0.3 is 6.09 Å². The van der Waals surface area contributed by atoms with Crippen LogP contribution in [-0.4, -0.2) is 47.4 Å². The molecule has 1 aliphatic rings. The van der Waals surface area contributed by atoms with Crippen molar-refractivity contribution in [2.75, 3.05) is 20.2 Å². The second-order valence-electron chi connectivity index (χ2n) is 4.20. The molecule has 0 saturated carbocycles. The average molecular weight is 271 g/mol. The van der Waals surface area contributed by atoms with Crippen LogP contribution in [0.5, 0.6) is 0 Å². The maximum absolute atomic E-state index is 11.1. The van der Waals surface area contributed by atoms with Gasteiger partial charge in [-0.25, -0.2) is 4.79 Å². The lowest BCUT2D eigenvalue weighted by Gasteiger charge is -2.15. The molecule has 1 saturated heterocycles. The van der Waals surface area contributed by atoms with Crippen molar-refractivity contribution in [2.24, 2.45) is 0 Å². The fourth-order valence-corrected chi connectivity index (χ4v) is 2.08. The van der Waals surface area contributed by atoms with Gasteiger partial charge in [-0.2, -0.15) is 5.10 Å². The highest BCUT2D eigenvalue weighted by atomic mass is 35.5. The first-order chi connectivity index (χ1) is 8.67. The standard InChI is InChI=1S/C11H15ClN4O2/c1-18-11(17)13-8-4-5-16(6-8)7-9-2-3-10(12)15-14-9/h2-3,8H,4-7H2,1H3,(H,13,17). The van der Waals surface area contributed by atoms with E-state index in [-0.39, 0.29) is 12.1 Å². The van der Waals surface area contributed by atoms with Gasteiger partial charge < -0.3 is 10.1 Å². The zero-order valence-corrected chi connectivity index (χ0v) is 10.9. The van der Waals surface area contributed by atoms with E-state index in [2.05, 4.69) is 25.2 Å². The molecule has 0 bridgehead atoms. The molecule has 2 rings (SSSR count). The summed E-state index contributed by atoms with van der Waals surface area (Å²) in [5.74, 6) is 0. The molecule has 1 aromatic heterocycles. The number of alkyl carbamates (subject to hydrolysis) is 1. The molecular formula is C11H15ClN4O2. The SMILES string of the molecule is COC(=O)NC1CCN(Cc2ccc(Cl)nn2)C1. The van der Waals surface area contributed by atoms with Crippen molar-refractivity contribution in [1.82, 2.24) is 20.4 Å². The number of hydrogen-bond acceptors (Lipinski definition) is 5. The molecule has 18 heavy (non-hydrogen) atoms. The normalized spacial score (nSPS) is 19.8. The number of nitrogens with zero attached hydrogens (tertiary/aromatic N) is 3. The molecule has 0 aromatic carbocycles. The van der Waals surface area contributed by atoms with E-state index in [1.807, 2.05) is 6.07 Å². The number of carbonyl (C=O) groups is 1. The Morgan fingerprint density at radius 1 is 1.61 bits per heavy atom. The summed E-state index contributed by atoms with van der Waals surface area (Å²) in [7, 11) is 1.37. The van der Waals surface area contributed by atoms with Crippen LogP contribution in [0.15, 0.2) is 12.1 Å². The average Bonchev–Trinajstić information content (AvgIpc) is 2.79. The minimum Gasteiger partial charge on any atom is -0.453 e. The number of halogens is 1. The smallest absolute Gasteiger partial charge is 0.407 e. The molecular weight excluding hydrogens is 256 g/mol.